The molecule has 1 unspecified atom stereocenters. The molecular formula is C14H17NO3S. The highest BCUT2D eigenvalue weighted by Crippen LogP contribution is 2.21. The highest BCUT2D eigenvalue weighted by molar-refractivity contribution is 7.99. The fourth-order valence-electron chi connectivity index (χ4n) is 2.24. The summed E-state index contributed by atoms with van der Waals surface area (Å²) in [6.07, 6.45) is 0.766. The molecular weight excluding hydrogens is 262 g/mol. The van der Waals surface area contributed by atoms with Crippen LogP contribution >= 0.6 is 11.8 Å². The van der Waals surface area contributed by atoms with Gasteiger partial charge < -0.3 is 10.0 Å². The molecule has 19 heavy (non-hydrogen) atoms. The number of aryl methyl sites for hydroxylation is 1. The third kappa shape index (κ3) is 2.92. The molecule has 0 saturated carbocycles. The molecule has 0 bridgehead atoms. The molecule has 1 aliphatic heterocycles. The number of carboxylic acids is 1. The molecule has 1 saturated heterocycles. The zero-order valence-corrected chi connectivity index (χ0v) is 11.7. The van der Waals surface area contributed by atoms with E-state index >= 15 is 0 Å². The van der Waals surface area contributed by atoms with Crippen molar-refractivity contribution in [3.63, 3.8) is 0 Å². The van der Waals surface area contributed by atoms with Crippen LogP contribution in [0.15, 0.2) is 24.3 Å². The molecule has 1 fully saturated rings. The highest BCUT2D eigenvalue weighted by Gasteiger charge is 2.33. The summed E-state index contributed by atoms with van der Waals surface area (Å²) in [5.74, 6) is 0.179. The maximum absolute atomic E-state index is 12.5. The lowest BCUT2D eigenvalue weighted by Gasteiger charge is -2.33. The van der Waals surface area contributed by atoms with Crippen LogP contribution in [0.4, 0.5) is 0 Å². The average molecular weight is 279 g/mol. The maximum atomic E-state index is 12.5. The van der Waals surface area contributed by atoms with E-state index in [0.29, 0.717) is 17.9 Å². The molecule has 0 spiro atoms. The smallest absolute Gasteiger partial charge is 0.327 e. The van der Waals surface area contributed by atoms with Crippen molar-refractivity contribution in [2.75, 3.05) is 18.1 Å². The monoisotopic (exact) mass is 279 g/mol. The lowest BCUT2D eigenvalue weighted by Crippen LogP contribution is -2.50. The lowest BCUT2D eigenvalue weighted by molar-refractivity contribution is -0.141. The summed E-state index contributed by atoms with van der Waals surface area (Å²) < 4.78 is 0. The summed E-state index contributed by atoms with van der Waals surface area (Å²) in [6, 6.07) is 6.71. The predicted molar refractivity (Wildman–Crippen MR) is 75.6 cm³/mol. The molecule has 1 aliphatic rings. The first-order chi connectivity index (χ1) is 9.15. The minimum absolute atomic E-state index is 0.162. The zero-order valence-electron chi connectivity index (χ0n) is 10.8. The van der Waals surface area contributed by atoms with E-state index in [1.807, 2.05) is 25.1 Å². The number of hydrogen-bond donors (Lipinski definition) is 1. The predicted octanol–water partition coefficient (Wildman–Crippen LogP) is 1.89. The van der Waals surface area contributed by atoms with E-state index in [1.165, 1.54) is 4.90 Å². The molecule has 4 nitrogen and oxygen atoms in total. The first-order valence-electron chi connectivity index (χ1n) is 6.34. The van der Waals surface area contributed by atoms with E-state index in [4.69, 9.17) is 0 Å². The minimum Gasteiger partial charge on any atom is -0.480 e. The van der Waals surface area contributed by atoms with Crippen LogP contribution in [0.3, 0.4) is 0 Å². The number of carboxylic acid groups (broad SMARTS) is 1. The Morgan fingerprint density at radius 1 is 1.42 bits per heavy atom. The van der Waals surface area contributed by atoms with Gasteiger partial charge >= 0.3 is 5.97 Å². The van der Waals surface area contributed by atoms with Crippen molar-refractivity contribution < 1.29 is 14.7 Å². The summed E-state index contributed by atoms with van der Waals surface area (Å²) >= 11 is 1.58. The van der Waals surface area contributed by atoms with Crippen LogP contribution < -0.4 is 0 Å². The Bertz CT molecular complexity index is 489. The van der Waals surface area contributed by atoms with Crippen molar-refractivity contribution >= 4 is 23.6 Å². The van der Waals surface area contributed by atoms with Crippen LogP contribution in [0.5, 0.6) is 0 Å². The molecule has 0 aromatic heterocycles. The number of amides is 1. The Kier molecular flexibility index (Phi) is 4.47. The van der Waals surface area contributed by atoms with E-state index in [1.54, 1.807) is 17.8 Å². The van der Waals surface area contributed by atoms with E-state index in [0.717, 1.165) is 17.7 Å². The van der Waals surface area contributed by atoms with Gasteiger partial charge in [0.2, 0.25) is 0 Å². The third-order valence-electron chi connectivity index (χ3n) is 3.30. The van der Waals surface area contributed by atoms with Gasteiger partial charge in [0.1, 0.15) is 6.04 Å². The van der Waals surface area contributed by atoms with Gasteiger partial charge in [0.05, 0.1) is 0 Å². The van der Waals surface area contributed by atoms with Crippen LogP contribution in [0.25, 0.3) is 0 Å². The van der Waals surface area contributed by atoms with Crippen molar-refractivity contribution in [3.8, 4) is 0 Å². The number of benzene rings is 1. The second kappa shape index (κ2) is 6.10. The molecule has 2 rings (SSSR count). The van der Waals surface area contributed by atoms with Gasteiger partial charge in [-0.25, -0.2) is 4.79 Å². The van der Waals surface area contributed by atoms with Gasteiger partial charge in [-0.2, -0.15) is 11.8 Å². The summed E-state index contributed by atoms with van der Waals surface area (Å²) in [4.78, 5) is 25.3. The summed E-state index contributed by atoms with van der Waals surface area (Å²) in [7, 11) is 0. The van der Waals surface area contributed by atoms with Gasteiger partial charge in [-0.3, -0.25) is 4.79 Å². The molecule has 1 atom stereocenters. The van der Waals surface area contributed by atoms with Gasteiger partial charge in [-0.15, -0.1) is 0 Å². The molecule has 1 aromatic rings. The van der Waals surface area contributed by atoms with Crippen molar-refractivity contribution in [3.05, 3.63) is 35.4 Å². The maximum Gasteiger partial charge on any atom is 0.327 e. The largest absolute Gasteiger partial charge is 0.480 e. The fraction of sp³-hybridized carbons (Fsp3) is 0.429. The van der Waals surface area contributed by atoms with Crippen molar-refractivity contribution in [2.24, 2.45) is 0 Å². The van der Waals surface area contributed by atoms with E-state index in [2.05, 4.69) is 0 Å². The molecule has 1 N–H and O–H groups in total. The van der Waals surface area contributed by atoms with E-state index in [9.17, 15) is 14.7 Å². The molecule has 102 valence electrons. The van der Waals surface area contributed by atoms with Gasteiger partial charge in [-0.1, -0.05) is 25.1 Å². The zero-order chi connectivity index (χ0) is 13.8. The number of carbonyl (C=O) groups is 2. The second-order valence-electron chi connectivity index (χ2n) is 4.44. The lowest BCUT2D eigenvalue weighted by atomic mass is 10.0. The normalized spacial score (nSPS) is 19.2. The van der Waals surface area contributed by atoms with Crippen LogP contribution in [-0.2, 0) is 11.2 Å². The van der Waals surface area contributed by atoms with Crippen LogP contribution in [0.2, 0.25) is 0 Å². The molecule has 0 aliphatic carbocycles. The number of nitrogens with zero attached hydrogens (tertiary/aromatic N) is 1. The van der Waals surface area contributed by atoms with Crippen molar-refractivity contribution in [2.45, 2.75) is 19.4 Å². The van der Waals surface area contributed by atoms with Gasteiger partial charge in [0.25, 0.3) is 5.91 Å². The summed E-state index contributed by atoms with van der Waals surface area (Å²) in [6.45, 7) is 2.49. The summed E-state index contributed by atoms with van der Waals surface area (Å²) in [5.41, 5.74) is 1.60. The molecule has 1 aromatic carbocycles. The number of hydrogen-bond acceptors (Lipinski definition) is 3. The molecule has 1 amide bonds. The van der Waals surface area contributed by atoms with Crippen LogP contribution in [0.1, 0.15) is 22.8 Å². The van der Waals surface area contributed by atoms with Crippen molar-refractivity contribution in [1.82, 2.24) is 4.90 Å². The molecule has 5 heteroatoms. The standard InChI is InChI=1S/C14H17NO3S/c1-2-10-5-3-4-6-11(10)13(16)15-7-8-19-9-12(15)14(17)18/h3-6,12H,2,7-9H2,1H3,(H,17,18). The average Bonchev–Trinajstić information content (AvgIpc) is 2.46. The number of carbonyl (C=O) groups excluding carboxylic acids is 1. The van der Waals surface area contributed by atoms with Crippen molar-refractivity contribution in [1.29, 1.82) is 0 Å². The quantitative estimate of drug-likeness (QED) is 0.918. The first kappa shape index (κ1) is 13.9. The minimum atomic E-state index is -0.922. The third-order valence-corrected chi connectivity index (χ3v) is 4.33. The van der Waals surface area contributed by atoms with Gasteiger partial charge in [-0.05, 0) is 18.1 Å². The Balaban J connectivity index is 2.29. The number of rotatable bonds is 3. The first-order valence-corrected chi connectivity index (χ1v) is 7.50. The Morgan fingerprint density at radius 3 is 2.84 bits per heavy atom. The highest BCUT2D eigenvalue weighted by atomic mass is 32.2. The van der Waals surface area contributed by atoms with E-state index < -0.39 is 12.0 Å². The van der Waals surface area contributed by atoms with E-state index in [-0.39, 0.29) is 5.91 Å². The Hall–Kier alpha value is -1.49. The van der Waals surface area contributed by atoms with Gasteiger partial charge in [0.15, 0.2) is 0 Å². The topological polar surface area (TPSA) is 57.6 Å². The number of thioether (sulfide) groups is 1. The fourth-order valence-corrected chi connectivity index (χ4v) is 3.28. The van der Waals surface area contributed by atoms with Crippen LogP contribution in [0, 0.1) is 0 Å². The second-order valence-corrected chi connectivity index (χ2v) is 5.59. The van der Waals surface area contributed by atoms with Crippen LogP contribution in [-0.4, -0.2) is 46.0 Å². The van der Waals surface area contributed by atoms with Gasteiger partial charge in [0, 0.05) is 23.6 Å². The molecule has 0 radical (unpaired) electrons. The SMILES string of the molecule is CCc1ccccc1C(=O)N1CCSCC1C(=O)O. The Morgan fingerprint density at radius 2 is 2.16 bits per heavy atom. The number of aliphatic carboxylic acids is 1. The molecule has 1 heterocycles. The Labute approximate surface area is 116 Å². The summed E-state index contributed by atoms with van der Waals surface area (Å²) in [5, 5.41) is 9.22.